The van der Waals surface area contributed by atoms with Crippen LogP contribution in [-0.4, -0.2) is 6.04 Å². The van der Waals surface area contributed by atoms with E-state index in [1.807, 2.05) is 0 Å². The molecule has 1 aromatic heterocycles. The zero-order valence-electron chi connectivity index (χ0n) is 7.42. The Morgan fingerprint density at radius 2 is 2.42 bits per heavy atom. The van der Waals surface area contributed by atoms with Gasteiger partial charge in [0.25, 0.3) is 0 Å². The van der Waals surface area contributed by atoms with Crippen LogP contribution in [0.3, 0.4) is 0 Å². The maximum absolute atomic E-state index is 3.56. The maximum Gasteiger partial charge on any atom is 0.0450 e. The smallest absolute Gasteiger partial charge is 0.0450 e. The van der Waals surface area contributed by atoms with E-state index in [2.05, 4.69) is 29.1 Å². The van der Waals surface area contributed by atoms with E-state index in [-0.39, 0.29) is 0 Å². The standard InChI is InChI=1S/C10H15NS/c1-8-2-3-9(6-8)11-10-4-5-12-7-10/h4-5,7-9,11H,2-3,6H2,1H3. The van der Waals surface area contributed by atoms with Crippen molar-refractivity contribution < 1.29 is 0 Å². The summed E-state index contributed by atoms with van der Waals surface area (Å²) in [7, 11) is 0. The van der Waals surface area contributed by atoms with Crippen LogP contribution in [0.15, 0.2) is 16.8 Å². The molecule has 1 aromatic rings. The van der Waals surface area contributed by atoms with Crippen molar-refractivity contribution in [3.63, 3.8) is 0 Å². The fraction of sp³-hybridized carbons (Fsp3) is 0.600. The van der Waals surface area contributed by atoms with Gasteiger partial charge in [-0.15, -0.1) is 0 Å². The van der Waals surface area contributed by atoms with E-state index < -0.39 is 0 Å². The molecule has 2 unspecified atom stereocenters. The predicted octanol–water partition coefficient (Wildman–Crippen LogP) is 3.35. The summed E-state index contributed by atoms with van der Waals surface area (Å²) in [5.41, 5.74) is 1.30. The first kappa shape index (κ1) is 8.11. The summed E-state index contributed by atoms with van der Waals surface area (Å²) >= 11 is 1.76. The highest BCUT2D eigenvalue weighted by atomic mass is 32.1. The van der Waals surface area contributed by atoms with Gasteiger partial charge in [-0.1, -0.05) is 6.92 Å². The highest BCUT2D eigenvalue weighted by molar-refractivity contribution is 7.08. The highest BCUT2D eigenvalue weighted by Crippen LogP contribution is 2.27. The molecule has 1 N–H and O–H groups in total. The molecule has 0 spiro atoms. The van der Waals surface area contributed by atoms with Gasteiger partial charge in [-0.2, -0.15) is 11.3 Å². The largest absolute Gasteiger partial charge is 0.382 e. The van der Waals surface area contributed by atoms with Crippen LogP contribution in [0, 0.1) is 5.92 Å². The first-order valence-corrected chi connectivity index (χ1v) is 5.57. The first-order chi connectivity index (χ1) is 5.84. The van der Waals surface area contributed by atoms with Crippen LogP contribution >= 0.6 is 11.3 Å². The molecule has 0 radical (unpaired) electrons. The molecule has 1 aliphatic rings. The fourth-order valence-corrected chi connectivity index (χ4v) is 2.52. The molecule has 2 atom stereocenters. The van der Waals surface area contributed by atoms with Gasteiger partial charge >= 0.3 is 0 Å². The molecule has 1 saturated carbocycles. The van der Waals surface area contributed by atoms with E-state index in [1.165, 1.54) is 24.9 Å². The summed E-state index contributed by atoms with van der Waals surface area (Å²) in [5.74, 6) is 0.918. The topological polar surface area (TPSA) is 12.0 Å². The second-order valence-corrected chi connectivity index (χ2v) is 4.55. The monoisotopic (exact) mass is 181 g/mol. The summed E-state index contributed by atoms with van der Waals surface area (Å²) in [6, 6.07) is 2.89. The van der Waals surface area contributed by atoms with Gasteiger partial charge in [0.1, 0.15) is 0 Å². The molecule has 1 heterocycles. The third-order valence-electron chi connectivity index (χ3n) is 2.59. The molecular formula is C10H15NS. The molecule has 0 aromatic carbocycles. The molecule has 12 heavy (non-hydrogen) atoms. The molecule has 0 aliphatic heterocycles. The summed E-state index contributed by atoms with van der Waals surface area (Å²) in [4.78, 5) is 0. The molecule has 2 rings (SSSR count). The Kier molecular flexibility index (Phi) is 2.35. The Morgan fingerprint density at radius 3 is 3.00 bits per heavy atom. The van der Waals surface area contributed by atoms with Crippen LogP contribution in [0.2, 0.25) is 0 Å². The Morgan fingerprint density at radius 1 is 1.50 bits per heavy atom. The van der Waals surface area contributed by atoms with Gasteiger partial charge in [0, 0.05) is 17.1 Å². The van der Waals surface area contributed by atoms with E-state index in [9.17, 15) is 0 Å². The lowest BCUT2D eigenvalue weighted by molar-refractivity contribution is 0.603. The van der Waals surface area contributed by atoms with Crippen molar-refractivity contribution in [1.82, 2.24) is 0 Å². The average molecular weight is 181 g/mol. The van der Waals surface area contributed by atoms with Crippen molar-refractivity contribution in [2.24, 2.45) is 5.92 Å². The van der Waals surface area contributed by atoms with Crippen molar-refractivity contribution in [3.05, 3.63) is 16.8 Å². The Bertz CT molecular complexity index is 230. The van der Waals surface area contributed by atoms with E-state index in [1.54, 1.807) is 11.3 Å². The molecule has 1 fully saturated rings. The number of thiophene rings is 1. The fourth-order valence-electron chi connectivity index (χ4n) is 1.92. The van der Waals surface area contributed by atoms with Crippen molar-refractivity contribution in [2.75, 3.05) is 5.32 Å². The minimum absolute atomic E-state index is 0.731. The molecule has 2 heteroatoms. The van der Waals surface area contributed by atoms with Gasteiger partial charge in [-0.05, 0) is 36.6 Å². The van der Waals surface area contributed by atoms with Crippen molar-refractivity contribution in [2.45, 2.75) is 32.2 Å². The molecule has 1 aliphatic carbocycles. The molecule has 0 bridgehead atoms. The van der Waals surface area contributed by atoms with E-state index in [0.29, 0.717) is 0 Å². The summed E-state index contributed by atoms with van der Waals surface area (Å²) in [5, 5.41) is 7.87. The predicted molar refractivity (Wildman–Crippen MR) is 54.7 cm³/mol. The molecule has 66 valence electrons. The second kappa shape index (κ2) is 3.48. The van der Waals surface area contributed by atoms with Gasteiger partial charge < -0.3 is 5.32 Å². The lowest BCUT2D eigenvalue weighted by atomic mass is 10.1. The Labute approximate surface area is 77.8 Å². The number of rotatable bonds is 2. The third kappa shape index (κ3) is 1.81. The quantitative estimate of drug-likeness (QED) is 0.737. The van der Waals surface area contributed by atoms with Crippen molar-refractivity contribution in [3.8, 4) is 0 Å². The van der Waals surface area contributed by atoms with Crippen LogP contribution in [0.25, 0.3) is 0 Å². The maximum atomic E-state index is 3.56. The average Bonchev–Trinajstić information content (AvgIpc) is 2.63. The first-order valence-electron chi connectivity index (χ1n) is 4.63. The van der Waals surface area contributed by atoms with Crippen LogP contribution < -0.4 is 5.32 Å². The second-order valence-electron chi connectivity index (χ2n) is 3.77. The lowest BCUT2D eigenvalue weighted by Gasteiger charge is -2.11. The van der Waals surface area contributed by atoms with E-state index in [4.69, 9.17) is 0 Å². The molecule has 1 nitrogen and oxygen atoms in total. The normalized spacial score (nSPS) is 29.1. The number of hydrogen-bond donors (Lipinski definition) is 1. The van der Waals surface area contributed by atoms with Gasteiger partial charge in [-0.3, -0.25) is 0 Å². The minimum atomic E-state index is 0.731. The minimum Gasteiger partial charge on any atom is -0.382 e. The zero-order valence-corrected chi connectivity index (χ0v) is 8.23. The highest BCUT2D eigenvalue weighted by Gasteiger charge is 2.20. The molecule has 0 saturated heterocycles. The zero-order chi connectivity index (χ0) is 8.39. The van der Waals surface area contributed by atoms with Crippen LogP contribution in [-0.2, 0) is 0 Å². The summed E-state index contributed by atoms with van der Waals surface area (Å²) in [6.07, 6.45) is 4.08. The van der Waals surface area contributed by atoms with Gasteiger partial charge in [0.2, 0.25) is 0 Å². The number of hydrogen-bond acceptors (Lipinski definition) is 2. The lowest BCUT2D eigenvalue weighted by Crippen LogP contribution is -2.14. The summed E-state index contributed by atoms with van der Waals surface area (Å²) < 4.78 is 0. The molecular weight excluding hydrogens is 166 g/mol. The van der Waals surface area contributed by atoms with E-state index >= 15 is 0 Å². The van der Waals surface area contributed by atoms with Crippen molar-refractivity contribution >= 4 is 17.0 Å². The summed E-state index contributed by atoms with van der Waals surface area (Å²) in [6.45, 7) is 2.34. The Balaban J connectivity index is 1.88. The number of anilines is 1. The Hall–Kier alpha value is -0.500. The number of nitrogens with one attached hydrogen (secondary N) is 1. The van der Waals surface area contributed by atoms with Gasteiger partial charge in [0.05, 0.1) is 0 Å². The van der Waals surface area contributed by atoms with Gasteiger partial charge in [-0.25, -0.2) is 0 Å². The van der Waals surface area contributed by atoms with Crippen LogP contribution in [0.5, 0.6) is 0 Å². The van der Waals surface area contributed by atoms with Crippen LogP contribution in [0.4, 0.5) is 5.69 Å². The van der Waals surface area contributed by atoms with E-state index in [0.717, 1.165) is 12.0 Å². The van der Waals surface area contributed by atoms with Crippen molar-refractivity contribution in [1.29, 1.82) is 0 Å². The third-order valence-corrected chi connectivity index (χ3v) is 3.27. The molecule has 0 amide bonds. The van der Waals surface area contributed by atoms with Gasteiger partial charge in [0.15, 0.2) is 0 Å². The SMILES string of the molecule is CC1CCC(Nc2ccsc2)C1. The van der Waals surface area contributed by atoms with Crippen LogP contribution in [0.1, 0.15) is 26.2 Å².